The highest BCUT2D eigenvalue weighted by Gasteiger charge is 1.58. The first-order valence-corrected chi connectivity index (χ1v) is 0.846. The molecule has 0 spiro atoms. The van der Waals surface area contributed by atoms with Gasteiger partial charge in [0.15, 0.2) is 7.31 Å². The van der Waals surface area contributed by atoms with Gasteiger partial charge in [-0.3, -0.25) is 5.39 Å². The average molecular weight is 53.6 g/mol. The molecule has 0 atom stereocenters. The molecule has 0 aliphatic heterocycles. The number of hydrogen-bond donors (Lipinski definition) is 2. The minimum Gasteiger partial charge on any atom is -0.330 e. The van der Waals surface area contributed by atoms with Crippen molar-refractivity contribution < 1.29 is 5.21 Å². The minimum atomic E-state index is 0.931. The van der Waals surface area contributed by atoms with Crippen LogP contribution in [-0.2, 0) is 0 Å². The molecule has 0 unspecified atom stereocenters. The fraction of sp³-hybridized carbons (Fsp3) is 0. The van der Waals surface area contributed by atoms with E-state index in [0.29, 0.717) is 0 Å². The van der Waals surface area contributed by atoms with Gasteiger partial charge in [-0.25, -0.2) is 0 Å². The Bertz CT molecular complexity index is 8.00. The van der Waals surface area contributed by atoms with Crippen molar-refractivity contribution in [3.8, 4) is 0 Å². The van der Waals surface area contributed by atoms with E-state index in [1.165, 1.54) is 0 Å². The average Bonchev–Trinajstić information content (AvgIpc) is 1.37. The van der Waals surface area contributed by atoms with E-state index in [1.54, 1.807) is 5.39 Å². The Kier molecular flexibility index (Phi) is 3.09. The van der Waals surface area contributed by atoms with Gasteiger partial charge in [-0.05, 0) is 0 Å². The van der Waals surface area contributed by atoms with Crippen LogP contribution in [0, 0.1) is 0 Å². The molecule has 0 heterocycles. The zero-order chi connectivity index (χ0) is 3.41. The molecule has 4 heteroatoms. The summed E-state index contributed by atoms with van der Waals surface area (Å²) < 4.78 is 0. The normalized spacial score (nSPS) is 6.25. The van der Waals surface area contributed by atoms with Gasteiger partial charge < -0.3 is 5.21 Å². The number of rotatable bonds is 1. The lowest BCUT2D eigenvalue weighted by Gasteiger charge is -1.73. The largest absolute Gasteiger partial charge is 0.330 e. The van der Waals surface area contributed by atoms with E-state index in [1.807, 2.05) is 0 Å². The van der Waals surface area contributed by atoms with Crippen molar-refractivity contribution >= 4 is 15.0 Å². The van der Waals surface area contributed by atoms with Crippen molar-refractivity contribution in [3.63, 3.8) is 0 Å². The molecular formula is H2B2NO. The Hall–Kier alpha value is 0.0499. The molecule has 0 saturated carbocycles. The van der Waals surface area contributed by atoms with Crippen LogP contribution in [0.25, 0.3) is 0 Å². The third-order valence-electron chi connectivity index (χ3n) is 0.0745. The highest BCUT2D eigenvalue weighted by molar-refractivity contribution is 6.87. The first-order chi connectivity index (χ1) is 1.91. The Balaban J connectivity index is 1.97. The van der Waals surface area contributed by atoms with Gasteiger partial charge in [0.1, 0.15) is 0 Å². The zero-order valence-electron chi connectivity index (χ0n) is 2.10. The summed E-state index contributed by atoms with van der Waals surface area (Å²) in [5, 5.41) is 9.03. The molecule has 0 aliphatic rings. The van der Waals surface area contributed by atoms with Crippen LogP contribution in [0.2, 0.25) is 0 Å². The smallest absolute Gasteiger partial charge is 0.182 e. The van der Waals surface area contributed by atoms with Crippen LogP contribution in [0.5, 0.6) is 0 Å². The van der Waals surface area contributed by atoms with Crippen LogP contribution in [0.4, 0.5) is 0 Å². The number of hydrogen-bond acceptors (Lipinski definition) is 2. The monoisotopic (exact) mass is 54.0 g/mol. The van der Waals surface area contributed by atoms with Crippen LogP contribution in [0.15, 0.2) is 0 Å². The van der Waals surface area contributed by atoms with Gasteiger partial charge in [-0.15, -0.1) is 0 Å². The van der Waals surface area contributed by atoms with Gasteiger partial charge in [0.05, 0.1) is 0 Å². The third-order valence-corrected chi connectivity index (χ3v) is 0.0745. The molecule has 4 heavy (non-hydrogen) atoms. The van der Waals surface area contributed by atoms with Gasteiger partial charge in [0.25, 0.3) is 0 Å². The van der Waals surface area contributed by atoms with Crippen LogP contribution >= 0.6 is 0 Å². The molecule has 0 aromatic carbocycles. The van der Waals surface area contributed by atoms with Crippen molar-refractivity contribution in [2.24, 2.45) is 0 Å². The molecular weight excluding hydrogens is 51.6 g/mol. The number of nitrogens with one attached hydrogen (secondary N) is 1. The van der Waals surface area contributed by atoms with E-state index >= 15 is 0 Å². The summed E-state index contributed by atoms with van der Waals surface area (Å²) in [7, 11) is 5.47. The van der Waals surface area contributed by atoms with Crippen molar-refractivity contribution in [1.29, 1.82) is 0 Å². The van der Waals surface area contributed by atoms with Crippen LogP contribution in [-0.4, -0.2) is 20.2 Å². The summed E-state index contributed by atoms with van der Waals surface area (Å²) in [6, 6.07) is 0. The summed E-state index contributed by atoms with van der Waals surface area (Å²) in [5.74, 6) is 0. The second-order valence-corrected chi connectivity index (χ2v) is 0.296. The van der Waals surface area contributed by atoms with Crippen molar-refractivity contribution in [2.45, 2.75) is 0 Å². The molecule has 0 aromatic heterocycles. The lowest BCUT2D eigenvalue weighted by molar-refractivity contribution is 0.248. The standard InChI is InChI=1S/B2H2NO/c1-2-3-4/h3-4H. The van der Waals surface area contributed by atoms with E-state index in [4.69, 9.17) is 5.21 Å². The molecule has 0 rings (SSSR count). The molecule has 3 radical (unpaired) electrons. The quantitative estimate of drug-likeness (QED) is 0.287. The fourth-order valence-electron chi connectivity index (χ4n) is 0. The Morgan fingerprint density at radius 1 is 2.00 bits per heavy atom. The van der Waals surface area contributed by atoms with Crippen LogP contribution in [0.1, 0.15) is 0 Å². The SMILES string of the molecule is [B][B]NO. The predicted octanol–water partition coefficient (Wildman–Crippen LogP) is -1.33. The first-order valence-electron chi connectivity index (χ1n) is 0.846. The molecule has 0 bridgehead atoms. The maximum absolute atomic E-state index is 7.44. The van der Waals surface area contributed by atoms with Gasteiger partial charge >= 0.3 is 0 Å². The van der Waals surface area contributed by atoms with E-state index in [2.05, 4.69) is 7.74 Å². The second-order valence-electron chi connectivity index (χ2n) is 0.296. The molecule has 0 saturated heterocycles. The van der Waals surface area contributed by atoms with E-state index in [9.17, 15) is 0 Å². The van der Waals surface area contributed by atoms with Gasteiger partial charge in [0.2, 0.25) is 0 Å². The maximum atomic E-state index is 7.44. The van der Waals surface area contributed by atoms with Crippen LogP contribution < -0.4 is 5.39 Å². The molecule has 19 valence electrons. The lowest BCUT2D eigenvalue weighted by Crippen LogP contribution is -2.12. The maximum Gasteiger partial charge on any atom is 0.182 e. The van der Waals surface area contributed by atoms with Crippen molar-refractivity contribution in [3.05, 3.63) is 0 Å². The molecule has 0 fully saturated rings. The van der Waals surface area contributed by atoms with Crippen LogP contribution in [0.3, 0.4) is 0 Å². The topological polar surface area (TPSA) is 32.3 Å². The molecule has 0 aromatic rings. The third kappa shape index (κ3) is 2.05. The van der Waals surface area contributed by atoms with E-state index in [0.717, 1.165) is 7.31 Å². The first kappa shape index (κ1) is 4.05. The Morgan fingerprint density at radius 3 is 2.25 bits per heavy atom. The Morgan fingerprint density at radius 2 is 2.25 bits per heavy atom. The minimum absolute atomic E-state index is 0.931. The predicted molar refractivity (Wildman–Crippen MR) is 16.4 cm³/mol. The molecule has 0 aliphatic carbocycles. The molecule has 0 amide bonds. The Labute approximate surface area is 26.8 Å². The summed E-state index contributed by atoms with van der Waals surface area (Å²) in [5.41, 5.74) is 0. The highest BCUT2D eigenvalue weighted by Crippen LogP contribution is 1.14. The summed E-state index contributed by atoms with van der Waals surface area (Å²) in [6.07, 6.45) is 0. The van der Waals surface area contributed by atoms with Gasteiger partial charge in [-0.2, -0.15) is 0 Å². The molecule has 2 nitrogen and oxygen atoms in total. The van der Waals surface area contributed by atoms with Gasteiger partial charge in [-0.1, -0.05) is 0 Å². The lowest BCUT2D eigenvalue weighted by atomic mass is 9.68. The highest BCUT2D eigenvalue weighted by atomic mass is 16.4. The zero-order valence-corrected chi connectivity index (χ0v) is 2.10. The van der Waals surface area contributed by atoms with E-state index < -0.39 is 0 Å². The second kappa shape index (κ2) is 3.05. The van der Waals surface area contributed by atoms with E-state index in [-0.39, 0.29) is 0 Å². The summed E-state index contributed by atoms with van der Waals surface area (Å²) in [4.78, 5) is 0. The van der Waals surface area contributed by atoms with Gasteiger partial charge in [0, 0.05) is 7.74 Å². The summed E-state index contributed by atoms with van der Waals surface area (Å²) in [6.45, 7) is 0. The molecule has 2 N–H and O–H groups in total. The van der Waals surface area contributed by atoms with Crippen molar-refractivity contribution in [1.82, 2.24) is 5.39 Å². The fourth-order valence-corrected chi connectivity index (χ4v) is 0. The van der Waals surface area contributed by atoms with Crippen molar-refractivity contribution in [2.75, 3.05) is 0 Å². The summed E-state index contributed by atoms with van der Waals surface area (Å²) >= 11 is 0.